The molecular weight excluding hydrogens is 254 g/mol. The Bertz CT molecular complexity index is 457. The number of hydrogen-bond acceptors (Lipinski definition) is 3. The van der Waals surface area contributed by atoms with Gasteiger partial charge in [0.1, 0.15) is 0 Å². The number of aliphatic hydroxyl groups excluding tert-OH is 1. The number of thiophene rings is 1. The molecule has 2 unspecified atom stereocenters. The Balaban J connectivity index is 1.91. The second kappa shape index (κ2) is 7.09. The molecule has 3 heteroatoms. The zero-order valence-corrected chi connectivity index (χ0v) is 12.7. The van der Waals surface area contributed by atoms with Gasteiger partial charge in [0, 0.05) is 23.9 Å². The maximum absolute atomic E-state index is 8.71. The Labute approximate surface area is 120 Å². The minimum atomic E-state index is 0.148. The van der Waals surface area contributed by atoms with Gasteiger partial charge in [-0.1, -0.05) is 18.8 Å². The average Bonchev–Trinajstić information content (AvgIpc) is 2.81. The topological polar surface area (TPSA) is 23.5 Å². The van der Waals surface area contributed by atoms with Gasteiger partial charge in [-0.3, -0.25) is 4.90 Å². The van der Waals surface area contributed by atoms with E-state index in [1.807, 2.05) is 0 Å². The first-order chi connectivity index (χ1) is 9.19. The van der Waals surface area contributed by atoms with Crippen molar-refractivity contribution in [1.29, 1.82) is 0 Å². The Morgan fingerprint density at radius 3 is 3.00 bits per heavy atom. The lowest BCUT2D eigenvalue weighted by atomic mass is 9.93. The average molecular weight is 277 g/mol. The van der Waals surface area contributed by atoms with Crippen molar-refractivity contribution in [2.24, 2.45) is 5.92 Å². The van der Waals surface area contributed by atoms with Crippen LogP contribution >= 0.6 is 11.3 Å². The molecule has 1 N–H and O–H groups in total. The van der Waals surface area contributed by atoms with E-state index in [2.05, 4.69) is 42.7 Å². The molecule has 2 atom stereocenters. The summed E-state index contributed by atoms with van der Waals surface area (Å²) in [5.74, 6) is 6.96. The van der Waals surface area contributed by atoms with E-state index in [1.54, 1.807) is 11.3 Å². The van der Waals surface area contributed by atoms with Gasteiger partial charge in [-0.2, -0.15) is 0 Å². The van der Waals surface area contributed by atoms with Crippen LogP contribution in [0.15, 0.2) is 12.1 Å². The Kier molecular flexibility index (Phi) is 5.45. The molecule has 0 bridgehead atoms. The smallest absolute Gasteiger partial charge is 0.0771 e. The van der Waals surface area contributed by atoms with E-state index in [0.29, 0.717) is 12.5 Å². The fourth-order valence-electron chi connectivity index (χ4n) is 2.63. The van der Waals surface area contributed by atoms with Crippen LogP contribution in [0.3, 0.4) is 0 Å². The molecule has 1 aliphatic rings. The molecule has 1 aromatic heterocycles. The lowest BCUT2D eigenvalue weighted by Gasteiger charge is -2.36. The molecule has 0 aromatic carbocycles. The highest BCUT2D eigenvalue weighted by molar-refractivity contribution is 7.12. The summed E-state index contributed by atoms with van der Waals surface area (Å²) >= 11 is 1.78. The third-order valence-corrected chi connectivity index (χ3v) is 4.73. The number of likely N-dealkylation sites (tertiary alicyclic amines) is 1. The highest BCUT2D eigenvalue weighted by Gasteiger charge is 2.22. The summed E-state index contributed by atoms with van der Waals surface area (Å²) in [5, 5.41) is 8.71. The molecule has 0 radical (unpaired) electrons. The second-order valence-electron chi connectivity index (χ2n) is 5.49. The van der Waals surface area contributed by atoms with Gasteiger partial charge in [-0.05, 0) is 44.4 Å². The Morgan fingerprint density at radius 1 is 1.42 bits per heavy atom. The van der Waals surface area contributed by atoms with Crippen LogP contribution in [0.4, 0.5) is 0 Å². The van der Waals surface area contributed by atoms with Crippen molar-refractivity contribution in [2.75, 3.05) is 13.2 Å². The molecule has 1 saturated heterocycles. The van der Waals surface area contributed by atoms with Crippen molar-refractivity contribution in [3.63, 3.8) is 0 Å². The Hall–Kier alpha value is -0.820. The molecule has 0 amide bonds. The third-order valence-electron chi connectivity index (χ3n) is 3.74. The quantitative estimate of drug-likeness (QED) is 0.858. The van der Waals surface area contributed by atoms with Crippen LogP contribution in [0.5, 0.6) is 0 Å². The summed E-state index contributed by atoms with van der Waals surface area (Å²) in [7, 11) is 0. The highest BCUT2D eigenvalue weighted by atomic mass is 32.1. The first-order valence-electron chi connectivity index (χ1n) is 7.11. The van der Waals surface area contributed by atoms with E-state index in [1.165, 1.54) is 24.3 Å². The number of piperidine rings is 1. The molecule has 2 rings (SSSR count). The molecule has 1 fully saturated rings. The van der Waals surface area contributed by atoms with Crippen molar-refractivity contribution in [3.05, 3.63) is 21.9 Å². The molecule has 104 valence electrons. The Morgan fingerprint density at radius 2 is 2.26 bits per heavy atom. The van der Waals surface area contributed by atoms with Gasteiger partial charge in [0.2, 0.25) is 0 Å². The highest BCUT2D eigenvalue weighted by Crippen LogP contribution is 2.25. The minimum Gasteiger partial charge on any atom is -0.395 e. The summed E-state index contributed by atoms with van der Waals surface area (Å²) in [4.78, 5) is 5.09. The van der Waals surface area contributed by atoms with E-state index >= 15 is 0 Å². The lowest BCUT2D eigenvalue weighted by molar-refractivity contribution is 0.123. The number of aliphatic hydroxyl groups is 1. The van der Waals surface area contributed by atoms with Gasteiger partial charge >= 0.3 is 0 Å². The second-order valence-corrected chi connectivity index (χ2v) is 6.66. The maximum Gasteiger partial charge on any atom is 0.0771 e. The maximum atomic E-state index is 8.71. The predicted octanol–water partition coefficient (Wildman–Crippen LogP) is 3.10. The van der Waals surface area contributed by atoms with Crippen LogP contribution in [0, 0.1) is 17.8 Å². The number of rotatable bonds is 3. The molecule has 1 aromatic rings. The summed E-state index contributed by atoms with van der Waals surface area (Å²) in [6, 6.07) is 4.98. The lowest BCUT2D eigenvalue weighted by Crippen LogP contribution is -2.39. The van der Waals surface area contributed by atoms with Crippen molar-refractivity contribution >= 4 is 11.3 Å². The van der Waals surface area contributed by atoms with Gasteiger partial charge in [-0.25, -0.2) is 0 Å². The minimum absolute atomic E-state index is 0.148. The SMILES string of the molecule is CC1CCN(Cc2ccc(C#CCCO)s2)C(C)C1. The zero-order valence-electron chi connectivity index (χ0n) is 11.9. The number of nitrogens with zero attached hydrogens (tertiary/aromatic N) is 1. The molecule has 2 nitrogen and oxygen atoms in total. The van der Waals surface area contributed by atoms with E-state index in [4.69, 9.17) is 5.11 Å². The van der Waals surface area contributed by atoms with Crippen molar-refractivity contribution < 1.29 is 5.11 Å². The first kappa shape index (κ1) is 14.6. The van der Waals surface area contributed by atoms with Crippen molar-refractivity contribution in [1.82, 2.24) is 4.90 Å². The van der Waals surface area contributed by atoms with Crippen LogP contribution in [0.25, 0.3) is 0 Å². The van der Waals surface area contributed by atoms with Crippen LogP contribution in [-0.4, -0.2) is 29.2 Å². The van der Waals surface area contributed by atoms with Crippen LogP contribution in [0.2, 0.25) is 0 Å². The van der Waals surface area contributed by atoms with Gasteiger partial charge < -0.3 is 5.11 Å². The first-order valence-corrected chi connectivity index (χ1v) is 7.93. The fraction of sp³-hybridized carbons (Fsp3) is 0.625. The summed E-state index contributed by atoms with van der Waals surface area (Å²) in [5.41, 5.74) is 0. The van der Waals surface area contributed by atoms with Crippen molar-refractivity contribution in [2.45, 2.75) is 45.7 Å². The molecule has 0 spiro atoms. The largest absolute Gasteiger partial charge is 0.395 e. The molecule has 1 aliphatic heterocycles. The van der Waals surface area contributed by atoms with E-state index in [0.717, 1.165) is 17.3 Å². The fourth-order valence-corrected chi connectivity index (χ4v) is 3.53. The summed E-state index contributed by atoms with van der Waals surface area (Å²) in [6.07, 6.45) is 3.20. The molecule has 0 saturated carbocycles. The molecular formula is C16H23NOS. The molecule has 0 aliphatic carbocycles. The van der Waals surface area contributed by atoms with Crippen LogP contribution in [0.1, 0.15) is 42.9 Å². The van der Waals surface area contributed by atoms with E-state index in [9.17, 15) is 0 Å². The van der Waals surface area contributed by atoms with Crippen LogP contribution in [-0.2, 0) is 6.54 Å². The van der Waals surface area contributed by atoms with Crippen molar-refractivity contribution in [3.8, 4) is 11.8 Å². The predicted molar refractivity (Wildman–Crippen MR) is 81.2 cm³/mol. The van der Waals surface area contributed by atoms with E-state index in [-0.39, 0.29) is 6.61 Å². The normalized spacial score (nSPS) is 23.9. The number of hydrogen-bond donors (Lipinski definition) is 1. The monoisotopic (exact) mass is 277 g/mol. The van der Waals surface area contributed by atoms with Gasteiger partial charge in [0.05, 0.1) is 11.5 Å². The van der Waals surface area contributed by atoms with Gasteiger partial charge in [-0.15, -0.1) is 11.3 Å². The molecule has 2 heterocycles. The van der Waals surface area contributed by atoms with E-state index < -0.39 is 0 Å². The summed E-state index contributed by atoms with van der Waals surface area (Å²) in [6.45, 7) is 7.11. The third kappa shape index (κ3) is 4.35. The summed E-state index contributed by atoms with van der Waals surface area (Å²) < 4.78 is 0. The standard InChI is InChI=1S/C16H23NOS/c1-13-8-9-17(14(2)11-13)12-16-7-6-15(19-16)5-3-4-10-18/h6-7,13-14,18H,4,8-12H2,1-2H3. The zero-order chi connectivity index (χ0) is 13.7. The van der Waals surface area contributed by atoms with Gasteiger partial charge in [0.25, 0.3) is 0 Å². The van der Waals surface area contributed by atoms with Gasteiger partial charge in [0.15, 0.2) is 0 Å². The van der Waals surface area contributed by atoms with Crippen LogP contribution < -0.4 is 0 Å². The molecule has 19 heavy (non-hydrogen) atoms.